The third kappa shape index (κ3) is 3.05. The van der Waals surface area contributed by atoms with Gasteiger partial charge in [-0.15, -0.1) is 0 Å². The molecule has 1 aliphatic rings. The first-order valence-corrected chi connectivity index (χ1v) is 7.19. The van der Waals surface area contributed by atoms with Gasteiger partial charge in [0.05, 0.1) is 5.69 Å². The lowest BCUT2D eigenvalue weighted by molar-refractivity contribution is -0.125. The number of rotatable bonds is 4. The molecule has 6 heteroatoms. The van der Waals surface area contributed by atoms with E-state index in [0.717, 1.165) is 12.8 Å². The molecule has 1 aromatic rings. The smallest absolute Gasteiger partial charge is 0.223 e. The van der Waals surface area contributed by atoms with E-state index in [1.54, 1.807) is 0 Å². The third-order valence-corrected chi connectivity index (χ3v) is 3.69. The standard InChI is InChI=1S/C14H21FN4O/c1-3-11-12(15)13(18-9-17-11)19-7-5-10(6-8-19)14(20)16-4-2/h9-10H,3-8H2,1-2H3,(H,16,20). The summed E-state index contributed by atoms with van der Waals surface area (Å²) in [7, 11) is 0. The van der Waals surface area contributed by atoms with Crippen molar-refractivity contribution in [1.82, 2.24) is 15.3 Å². The van der Waals surface area contributed by atoms with Gasteiger partial charge < -0.3 is 10.2 Å². The Bertz CT molecular complexity index is 472. The number of piperidine rings is 1. The molecule has 0 bridgehead atoms. The Morgan fingerprint density at radius 2 is 2.10 bits per heavy atom. The molecular weight excluding hydrogens is 259 g/mol. The second kappa shape index (κ2) is 6.63. The monoisotopic (exact) mass is 280 g/mol. The molecular formula is C14H21FN4O. The zero-order valence-corrected chi connectivity index (χ0v) is 12.0. The van der Waals surface area contributed by atoms with Crippen LogP contribution in [0.15, 0.2) is 6.33 Å². The molecule has 2 rings (SSSR count). The Balaban J connectivity index is 2.02. The van der Waals surface area contributed by atoms with Crippen molar-refractivity contribution in [2.45, 2.75) is 33.1 Å². The fourth-order valence-electron chi connectivity index (χ4n) is 2.53. The highest BCUT2D eigenvalue weighted by Crippen LogP contribution is 2.24. The average molecular weight is 280 g/mol. The SMILES string of the molecule is CCNC(=O)C1CCN(c2ncnc(CC)c2F)CC1. The molecule has 1 N–H and O–H groups in total. The molecule has 0 spiro atoms. The van der Waals surface area contributed by atoms with Crippen molar-refractivity contribution >= 4 is 11.7 Å². The maximum Gasteiger partial charge on any atom is 0.223 e. The van der Waals surface area contributed by atoms with Gasteiger partial charge in [0, 0.05) is 25.6 Å². The Hall–Kier alpha value is -1.72. The lowest BCUT2D eigenvalue weighted by Gasteiger charge is -2.32. The van der Waals surface area contributed by atoms with E-state index in [4.69, 9.17) is 0 Å². The summed E-state index contributed by atoms with van der Waals surface area (Å²) in [5.41, 5.74) is 0.445. The van der Waals surface area contributed by atoms with Gasteiger partial charge in [0.25, 0.3) is 0 Å². The van der Waals surface area contributed by atoms with E-state index in [2.05, 4.69) is 15.3 Å². The van der Waals surface area contributed by atoms with Crippen LogP contribution >= 0.6 is 0 Å². The van der Waals surface area contributed by atoms with Crippen LogP contribution < -0.4 is 10.2 Å². The van der Waals surface area contributed by atoms with Crippen LogP contribution in [0, 0.1) is 11.7 Å². The van der Waals surface area contributed by atoms with Crippen LogP contribution in [-0.2, 0) is 11.2 Å². The van der Waals surface area contributed by atoms with E-state index < -0.39 is 0 Å². The van der Waals surface area contributed by atoms with E-state index in [0.29, 0.717) is 37.6 Å². The minimum Gasteiger partial charge on any atom is -0.356 e. The van der Waals surface area contributed by atoms with Crippen LogP contribution in [0.25, 0.3) is 0 Å². The number of hydrogen-bond acceptors (Lipinski definition) is 4. The van der Waals surface area contributed by atoms with Gasteiger partial charge in [-0.25, -0.2) is 14.4 Å². The van der Waals surface area contributed by atoms with Crippen LogP contribution in [0.2, 0.25) is 0 Å². The summed E-state index contributed by atoms with van der Waals surface area (Å²) in [6.07, 6.45) is 3.43. The first-order valence-electron chi connectivity index (χ1n) is 7.19. The van der Waals surface area contributed by atoms with Gasteiger partial charge in [0.2, 0.25) is 5.91 Å². The molecule has 0 radical (unpaired) electrons. The Morgan fingerprint density at radius 3 is 2.70 bits per heavy atom. The van der Waals surface area contributed by atoms with Crippen LogP contribution in [0.3, 0.4) is 0 Å². The van der Waals surface area contributed by atoms with Crippen molar-refractivity contribution in [2.75, 3.05) is 24.5 Å². The lowest BCUT2D eigenvalue weighted by Crippen LogP contribution is -2.41. The van der Waals surface area contributed by atoms with Crippen molar-refractivity contribution in [3.05, 3.63) is 17.8 Å². The van der Waals surface area contributed by atoms with Gasteiger partial charge in [0.15, 0.2) is 11.6 Å². The second-order valence-corrected chi connectivity index (χ2v) is 4.97. The van der Waals surface area contributed by atoms with Crippen molar-refractivity contribution in [2.24, 2.45) is 5.92 Å². The van der Waals surface area contributed by atoms with Crippen LogP contribution in [0.4, 0.5) is 10.2 Å². The van der Waals surface area contributed by atoms with Gasteiger partial charge in [-0.1, -0.05) is 6.92 Å². The molecule has 1 saturated heterocycles. The second-order valence-electron chi connectivity index (χ2n) is 4.97. The molecule has 5 nitrogen and oxygen atoms in total. The Labute approximate surface area is 118 Å². The number of halogens is 1. The molecule has 1 aromatic heterocycles. The summed E-state index contributed by atoms with van der Waals surface area (Å²) in [5.74, 6) is 0.170. The first-order chi connectivity index (χ1) is 9.67. The van der Waals surface area contributed by atoms with E-state index >= 15 is 0 Å². The summed E-state index contributed by atoms with van der Waals surface area (Å²) in [6, 6.07) is 0. The highest BCUT2D eigenvalue weighted by atomic mass is 19.1. The van der Waals surface area contributed by atoms with Gasteiger partial charge in [-0.2, -0.15) is 0 Å². The molecule has 0 aliphatic carbocycles. The van der Waals surface area contributed by atoms with Gasteiger partial charge in [-0.05, 0) is 26.2 Å². The third-order valence-electron chi connectivity index (χ3n) is 3.69. The van der Waals surface area contributed by atoms with Crippen molar-refractivity contribution < 1.29 is 9.18 Å². The zero-order valence-electron chi connectivity index (χ0n) is 12.0. The molecule has 1 aliphatic heterocycles. The molecule has 0 unspecified atom stereocenters. The molecule has 0 atom stereocenters. The Morgan fingerprint density at radius 1 is 1.40 bits per heavy atom. The molecule has 1 fully saturated rings. The lowest BCUT2D eigenvalue weighted by atomic mass is 9.96. The van der Waals surface area contributed by atoms with Crippen LogP contribution in [-0.4, -0.2) is 35.5 Å². The number of hydrogen-bond donors (Lipinski definition) is 1. The van der Waals surface area contributed by atoms with Crippen molar-refractivity contribution in [3.8, 4) is 0 Å². The van der Waals surface area contributed by atoms with Gasteiger partial charge in [-0.3, -0.25) is 4.79 Å². The van der Waals surface area contributed by atoms with E-state index in [9.17, 15) is 9.18 Å². The summed E-state index contributed by atoms with van der Waals surface area (Å²) in [6.45, 7) is 5.74. The van der Waals surface area contributed by atoms with E-state index in [1.165, 1.54) is 6.33 Å². The highest BCUT2D eigenvalue weighted by molar-refractivity contribution is 5.78. The molecule has 110 valence electrons. The van der Waals surface area contributed by atoms with Gasteiger partial charge >= 0.3 is 0 Å². The molecule has 0 saturated carbocycles. The number of aryl methyl sites for hydroxylation is 1. The largest absolute Gasteiger partial charge is 0.356 e. The number of nitrogens with one attached hydrogen (secondary N) is 1. The predicted octanol–water partition coefficient (Wildman–Crippen LogP) is 1.53. The number of carbonyl (C=O) groups excluding carboxylic acids is 1. The maximum atomic E-state index is 14.2. The minimum absolute atomic E-state index is 0.0294. The zero-order chi connectivity index (χ0) is 14.5. The Kier molecular flexibility index (Phi) is 4.87. The quantitative estimate of drug-likeness (QED) is 0.908. The highest BCUT2D eigenvalue weighted by Gasteiger charge is 2.27. The van der Waals surface area contributed by atoms with E-state index in [1.807, 2.05) is 18.7 Å². The molecule has 20 heavy (non-hydrogen) atoms. The van der Waals surface area contributed by atoms with Crippen molar-refractivity contribution in [1.29, 1.82) is 0 Å². The molecule has 1 amide bonds. The number of carbonyl (C=O) groups is 1. The number of aromatic nitrogens is 2. The summed E-state index contributed by atoms with van der Waals surface area (Å²) in [5, 5.41) is 2.84. The summed E-state index contributed by atoms with van der Waals surface area (Å²) >= 11 is 0. The normalized spacial score (nSPS) is 16.2. The fourth-order valence-corrected chi connectivity index (χ4v) is 2.53. The number of anilines is 1. The average Bonchev–Trinajstić information content (AvgIpc) is 2.48. The molecule has 0 aromatic carbocycles. The summed E-state index contributed by atoms with van der Waals surface area (Å²) in [4.78, 5) is 21.7. The minimum atomic E-state index is -0.327. The van der Waals surface area contributed by atoms with Gasteiger partial charge in [0.1, 0.15) is 6.33 Å². The number of nitrogens with zero attached hydrogens (tertiary/aromatic N) is 3. The van der Waals surface area contributed by atoms with Crippen LogP contribution in [0.1, 0.15) is 32.4 Å². The van der Waals surface area contributed by atoms with Crippen molar-refractivity contribution in [3.63, 3.8) is 0 Å². The summed E-state index contributed by atoms with van der Waals surface area (Å²) < 4.78 is 14.2. The molecule has 2 heterocycles. The van der Waals surface area contributed by atoms with Crippen LogP contribution in [0.5, 0.6) is 0 Å². The maximum absolute atomic E-state index is 14.2. The predicted molar refractivity (Wildman–Crippen MR) is 75.0 cm³/mol. The topological polar surface area (TPSA) is 58.1 Å². The van der Waals surface area contributed by atoms with E-state index in [-0.39, 0.29) is 17.6 Å². The number of amides is 1. The first kappa shape index (κ1) is 14.7. The fraction of sp³-hybridized carbons (Fsp3) is 0.643.